The third-order valence-corrected chi connectivity index (χ3v) is 3.01. The van der Waals surface area contributed by atoms with Crippen molar-refractivity contribution in [1.29, 1.82) is 0 Å². The second-order valence-electron chi connectivity index (χ2n) is 4.53. The summed E-state index contributed by atoms with van der Waals surface area (Å²) in [5, 5.41) is 12.4. The van der Waals surface area contributed by atoms with Gasteiger partial charge in [-0.2, -0.15) is 0 Å². The zero-order valence-electron chi connectivity index (χ0n) is 9.88. The summed E-state index contributed by atoms with van der Waals surface area (Å²) < 4.78 is 6.14. The molecule has 0 atom stereocenters. The van der Waals surface area contributed by atoms with Crippen molar-refractivity contribution in [2.45, 2.75) is 13.8 Å². The maximum Gasteiger partial charge on any atom is 0.135 e. The number of benzene rings is 1. The van der Waals surface area contributed by atoms with Gasteiger partial charge in [0.05, 0.1) is 11.6 Å². The van der Waals surface area contributed by atoms with Crippen molar-refractivity contribution in [1.82, 2.24) is 0 Å². The second-order valence-corrected chi connectivity index (χ2v) is 5.38. The highest BCUT2D eigenvalue weighted by molar-refractivity contribution is 9.10. The van der Waals surface area contributed by atoms with Crippen LogP contribution >= 0.6 is 15.9 Å². The summed E-state index contributed by atoms with van der Waals surface area (Å²) in [6.07, 6.45) is 0. The molecule has 1 aromatic rings. The molecule has 3 nitrogen and oxygen atoms in total. The van der Waals surface area contributed by atoms with Crippen molar-refractivity contribution in [3.8, 4) is 5.75 Å². The van der Waals surface area contributed by atoms with E-state index in [1.807, 2.05) is 32.0 Å². The molecule has 0 aliphatic heterocycles. The van der Waals surface area contributed by atoms with Crippen LogP contribution in [0.25, 0.3) is 0 Å². The van der Waals surface area contributed by atoms with Crippen LogP contribution in [-0.2, 0) is 0 Å². The van der Waals surface area contributed by atoms with Gasteiger partial charge in [0.25, 0.3) is 0 Å². The lowest BCUT2D eigenvalue weighted by Crippen LogP contribution is -2.26. The van der Waals surface area contributed by atoms with Crippen molar-refractivity contribution in [2.75, 3.05) is 25.6 Å². The van der Waals surface area contributed by atoms with E-state index >= 15 is 0 Å². The predicted molar refractivity (Wildman–Crippen MR) is 70.1 cm³/mol. The Morgan fingerprint density at radius 1 is 1.44 bits per heavy atom. The molecule has 0 saturated carbocycles. The molecule has 0 unspecified atom stereocenters. The lowest BCUT2D eigenvalue weighted by molar-refractivity contribution is 0.171. The van der Waals surface area contributed by atoms with E-state index in [0.717, 1.165) is 15.9 Å². The summed E-state index contributed by atoms with van der Waals surface area (Å²) >= 11 is 3.40. The molecular formula is C12H18BrNO2. The first-order valence-corrected chi connectivity index (χ1v) is 5.96. The van der Waals surface area contributed by atoms with Gasteiger partial charge in [-0.15, -0.1) is 0 Å². The van der Waals surface area contributed by atoms with Gasteiger partial charge in [-0.25, -0.2) is 0 Å². The Hall–Kier alpha value is -0.740. The molecule has 90 valence electrons. The van der Waals surface area contributed by atoms with Crippen LogP contribution in [0.1, 0.15) is 13.8 Å². The Morgan fingerprint density at radius 3 is 2.69 bits per heavy atom. The van der Waals surface area contributed by atoms with E-state index in [2.05, 4.69) is 21.2 Å². The Morgan fingerprint density at radius 2 is 2.12 bits per heavy atom. The first-order chi connectivity index (χ1) is 7.48. The van der Waals surface area contributed by atoms with Crippen LogP contribution in [0.15, 0.2) is 22.7 Å². The van der Waals surface area contributed by atoms with Gasteiger partial charge < -0.3 is 15.2 Å². The smallest absolute Gasteiger partial charge is 0.135 e. The number of ether oxygens (including phenoxy) is 1. The number of hydrogen-bond donors (Lipinski definition) is 2. The molecule has 0 aliphatic carbocycles. The Labute approximate surface area is 105 Å². The maximum atomic E-state index is 9.14. The van der Waals surface area contributed by atoms with Crippen molar-refractivity contribution >= 4 is 21.6 Å². The van der Waals surface area contributed by atoms with E-state index in [4.69, 9.17) is 9.84 Å². The maximum absolute atomic E-state index is 9.14. The zero-order chi connectivity index (χ0) is 12.2. The van der Waals surface area contributed by atoms with Crippen LogP contribution in [0.3, 0.4) is 0 Å². The number of anilines is 1. The summed E-state index contributed by atoms with van der Waals surface area (Å²) in [7, 11) is 1.64. The first kappa shape index (κ1) is 13.3. The van der Waals surface area contributed by atoms with E-state index < -0.39 is 0 Å². The minimum Gasteiger partial charge on any atom is -0.495 e. The summed E-state index contributed by atoms with van der Waals surface area (Å²) in [5.74, 6) is 0.798. The highest BCUT2D eigenvalue weighted by Crippen LogP contribution is 2.28. The topological polar surface area (TPSA) is 41.5 Å². The summed E-state index contributed by atoms with van der Waals surface area (Å²) in [6, 6.07) is 5.84. The average Bonchev–Trinajstić information content (AvgIpc) is 2.28. The van der Waals surface area contributed by atoms with Crippen molar-refractivity contribution in [3.63, 3.8) is 0 Å². The average molecular weight is 288 g/mol. The third kappa shape index (κ3) is 3.68. The molecule has 1 rings (SSSR count). The van der Waals surface area contributed by atoms with Gasteiger partial charge in [0.2, 0.25) is 0 Å². The Balaban J connectivity index is 2.68. The van der Waals surface area contributed by atoms with Gasteiger partial charge in [0, 0.05) is 30.3 Å². The lowest BCUT2D eigenvalue weighted by atomic mass is 9.95. The number of aliphatic hydroxyl groups excluding tert-OH is 1. The molecule has 0 radical (unpaired) electrons. The largest absolute Gasteiger partial charge is 0.495 e. The van der Waals surface area contributed by atoms with Gasteiger partial charge in [0.15, 0.2) is 0 Å². The Kier molecular flexibility index (Phi) is 4.62. The second kappa shape index (κ2) is 5.55. The number of aliphatic hydroxyl groups is 1. The molecule has 0 saturated heterocycles. The van der Waals surface area contributed by atoms with Crippen LogP contribution in [0, 0.1) is 5.41 Å². The molecular weight excluding hydrogens is 270 g/mol. The van der Waals surface area contributed by atoms with E-state index in [1.165, 1.54) is 0 Å². The van der Waals surface area contributed by atoms with Crippen LogP contribution < -0.4 is 10.1 Å². The van der Waals surface area contributed by atoms with Gasteiger partial charge >= 0.3 is 0 Å². The monoisotopic (exact) mass is 287 g/mol. The number of rotatable bonds is 5. The normalized spacial score (nSPS) is 11.3. The quantitative estimate of drug-likeness (QED) is 0.875. The minimum absolute atomic E-state index is 0.125. The standard InChI is InChI=1S/C12H18BrNO2/c1-12(2,8-15)7-14-9-4-5-10(13)11(6-9)16-3/h4-6,14-15H,7-8H2,1-3H3. The van der Waals surface area contributed by atoms with Gasteiger partial charge in [-0.3, -0.25) is 0 Å². The van der Waals surface area contributed by atoms with Crippen LogP contribution in [0.2, 0.25) is 0 Å². The molecule has 4 heteroatoms. The fraction of sp³-hybridized carbons (Fsp3) is 0.500. The number of hydrogen-bond acceptors (Lipinski definition) is 3. The molecule has 0 aliphatic rings. The fourth-order valence-electron chi connectivity index (χ4n) is 1.17. The van der Waals surface area contributed by atoms with Crippen molar-refractivity contribution < 1.29 is 9.84 Å². The zero-order valence-corrected chi connectivity index (χ0v) is 11.5. The SMILES string of the molecule is COc1cc(NCC(C)(C)CO)ccc1Br. The predicted octanol–water partition coefficient (Wildman–Crippen LogP) is 2.89. The van der Waals surface area contributed by atoms with E-state index in [0.29, 0.717) is 6.54 Å². The van der Waals surface area contributed by atoms with Crippen molar-refractivity contribution in [3.05, 3.63) is 22.7 Å². The molecule has 2 N–H and O–H groups in total. The first-order valence-electron chi connectivity index (χ1n) is 5.17. The summed E-state index contributed by atoms with van der Waals surface area (Å²) in [4.78, 5) is 0. The third-order valence-electron chi connectivity index (χ3n) is 2.35. The fourth-order valence-corrected chi connectivity index (χ4v) is 1.58. The highest BCUT2D eigenvalue weighted by Gasteiger charge is 2.15. The summed E-state index contributed by atoms with van der Waals surface area (Å²) in [5.41, 5.74) is 0.863. The van der Waals surface area contributed by atoms with E-state index in [1.54, 1.807) is 7.11 Å². The number of nitrogens with one attached hydrogen (secondary N) is 1. The molecule has 0 heterocycles. The molecule has 0 aromatic heterocycles. The minimum atomic E-state index is -0.125. The van der Waals surface area contributed by atoms with Crippen LogP contribution in [0.4, 0.5) is 5.69 Å². The lowest BCUT2D eigenvalue weighted by Gasteiger charge is -2.22. The van der Waals surface area contributed by atoms with E-state index in [-0.39, 0.29) is 12.0 Å². The molecule has 0 bridgehead atoms. The molecule has 16 heavy (non-hydrogen) atoms. The highest BCUT2D eigenvalue weighted by atomic mass is 79.9. The van der Waals surface area contributed by atoms with Gasteiger partial charge in [-0.05, 0) is 28.1 Å². The van der Waals surface area contributed by atoms with Gasteiger partial charge in [-0.1, -0.05) is 13.8 Å². The Bertz CT molecular complexity index is 353. The molecule has 0 amide bonds. The number of halogens is 1. The van der Waals surface area contributed by atoms with Crippen molar-refractivity contribution in [2.24, 2.45) is 5.41 Å². The molecule has 0 fully saturated rings. The van der Waals surface area contributed by atoms with Crippen LogP contribution in [0.5, 0.6) is 5.75 Å². The summed E-state index contributed by atoms with van der Waals surface area (Å²) in [6.45, 7) is 4.90. The van der Waals surface area contributed by atoms with Crippen LogP contribution in [-0.4, -0.2) is 25.4 Å². The molecule has 1 aromatic carbocycles. The number of methoxy groups -OCH3 is 1. The van der Waals surface area contributed by atoms with Gasteiger partial charge in [0.1, 0.15) is 5.75 Å². The molecule has 0 spiro atoms. The van der Waals surface area contributed by atoms with E-state index in [9.17, 15) is 0 Å².